The molecule has 1 aromatic rings. The number of rotatable bonds is 7. The van der Waals surface area contributed by atoms with Crippen molar-refractivity contribution in [2.24, 2.45) is 0 Å². The molecular weight excluding hydrogens is 320 g/mol. The van der Waals surface area contributed by atoms with Gasteiger partial charge < -0.3 is 19.3 Å². The van der Waals surface area contributed by atoms with Gasteiger partial charge in [-0.15, -0.1) is 0 Å². The molecule has 0 heterocycles. The van der Waals surface area contributed by atoms with E-state index in [0.717, 1.165) is 0 Å². The van der Waals surface area contributed by atoms with Gasteiger partial charge in [-0.25, -0.2) is 9.59 Å². The molecule has 1 aromatic carbocycles. The number of esters is 1. The van der Waals surface area contributed by atoms with E-state index in [2.05, 4.69) is 20.7 Å². The molecule has 1 rings (SSSR count). The zero-order valence-corrected chi connectivity index (χ0v) is 11.8. The molecule has 7 heteroatoms. The number of methoxy groups -OCH3 is 1. The van der Waals surface area contributed by atoms with Crippen molar-refractivity contribution in [3.05, 3.63) is 23.8 Å². The summed E-state index contributed by atoms with van der Waals surface area (Å²) in [4.78, 5) is 22.2. The van der Waals surface area contributed by atoms with E-state index in [9.17, 15) is 14.7 Å². The third-order valence-corrected chi connectivity index (χ3v) is 2.43. The summed E-state index contributed by atoms with van der Waals surface area (Å²) in [6.45, 7) is -0.0422. The lowest BCUT2D eigenvalue weighted by Crippen LogP contribution is -2.15. The lowest BCUT2D eigenvalue weighted by molar-refractivity contribution is -0.142. The van der Waals surface area contributed by atoms with Crippen molar-refractivity contribution in [1.82, 2.24) is 0 Å². The maximum atomic E-state index is 11.2. The van der Waals surface area contributed by atoms with E-state index >= 15 is 0 Å². The van der Waals surface area contributed by atoms with Crippen molar-refractivity contribution < 1.29 is 28.9 Å². The maximum absolute atomic E-state index is 11.2. The Bertz CT molecular complexity index is 460. The Morgan fingerprint density at radius 2 is 1.89 bits per heavy atom. The molecule has 0 fully saturated rings. The number of carboxylic acids is 1. The van der Waals surface area contributed by atoms with Crippen LogP contribution in [0.25, 0.3) is 0 Å². The van der Waals surface area contributed by atoms with Crippen LogP contribution in [-0.4, -0.2) is 42.7 Å². The Kier molecular flexibility index (Phi) is 6.14. The minimum atomic E-state index is -1.19. The van der Waals surface area contributed by atoms with Gasteiger partial charge in [0, 0.05) is 5.33 Å². The fraction of sp³-hybridized carbons (Fsp3) is 0.333. The van der Waals surface area contributed by atoms with Gasteiger partial charge >= 0.3 is 11.9 Å². The summed E-state index contributed by atoms with van der Waals surface area (Å²) in [5.74, 6) is -1.53. The standard InChI is InChI=1S/C12H13BrO6/c1-17-10(14)7-19-9-4-2-3-8(18-6-5-13)11(9)12(15)16/h2-4H,5-7H2,1H3,(H,15,16). The number of ether oxygens (including phenoxy) is 3. The Morgan fingerprint density at radius 3 is 2.42 bits per heavy atom. The Hall–Kier alpha value is -1.76. The number of carbonyl (C=O) groups is 2. The summed E-state index contributed by atoms with van der Waals surface area (Å²) in [5, 5.41) is 9.75. The van der Waals surface area contributed by atoms with Crippen molar-refractivity contribution in [3.8, 4) is 11.5 Å². The van der Waals surface area contributed by atoms with Crippen molar-refractivity contribution in [3.63, 3.8) is 0 Å². The van der Waals surface area contributed by atoms with Crippen LogP contribution in [0.5, 0.6) is 11.5 Å². The highest BCUT2D eigenvalue weighted by atomic mass is 79.9. The molecule has 0 saturated heterocycles. The molecular formula is C12H13BrO6. The number of halogens is 1. The van der Waals surface area contributed by atoms with E-state index in [4.69, 9.17) is 9.47 Å². The Balaban J connectivity index is 2.95. The maximum Gasteiger partial charge on any atom is 0.343 e. The van der Waals surface area contributed by atoms with E-state index in [1.807, 2.05) is 0 Å². The molecule has 0 aliphatic heterocycles. The molecule has 0 saturated carbocycles. The topological polar surface area (TPSA) is 82.1 Å². The van der Waals surface area contributed by atoms with Crippen LogP contribution in [0.4, 0.5) is 0 Å². The first kappa shape index (κ1) is 15.3. The highest BCUT2D eigenvalue weighted by Crippen LogP contribution is 2.28. The fourth-order valence-corrected chi connectivity index (χ4v) is 1.47. The van der Waals surface area contributed by atoms with Crippen molar-refractivity contribution in [2.75, 3.05) is 25.7 Å². The fourth-order valence-electron chi connectivity index (χ4n) is 1.31. The normalized spacial score (nSPS) is 9.79. The van der Waals surface area contributed by atoms with Crippen molar-refractivity contribution in [2.45, 2.75) is 0 Å². The van der Waals surface area contributed by atoms with Crippen LogP contribution < -0.4 is 9.47 Å². The van der Waals surface area contributed by atoms with Gasteiger partial charge in [-0.1, -0.05) is 22.0 Å². The zero-order chi connectivity index (χ0) is 14.3. The van der Waals surface area contributed by atoms with E-state index in [1.54, 1.807) is 6.07 Å². The van der Waals surface area contributed by atoms with Crippen LogP contribution in [0, 0.1) is 0 Å². The van der Waals surface area contributed by atoms with Gasteiger partial charge in [0.15, 0.2) is 6.61 Å². The lowest BCUT2D eigenvalue weighted by Gasteiger charge is -2.12. The summed E-state index contributed by atoms with van der Waals surface area (Å²) in [6, 6.07) is 4.56. The van der Waals surface area contributed by atoms with Crippen LogP contribution in [0.15, 0.2) is 18.2 Å². The molecule has 1 N–H and O–H groups in total. The predicted molar refractivity (Wildman–Crippen MR) is 70.2 cm³/mol. The second-order valence-corrected chi connectivity index (χ2v) is 4.13. The third-order valence-electron chi connectivity index (χ3n) is 2.11. The van der Waals surface area contributed by atoms with Gasteiger partial charge in [0.1, 0.15) is 17.1 Å². The van der Waals surface area contributed by atoms with Gasteiger partial charge in [-0.3, -0.25) is 0 Å². The third kappa shape index (κ3) is 4.44. The molecule has 104 valence electrons. The van der Waals surface area contributed by atoms with E-state index in [1.165, 1.54) is 19.2 Å². The highest BCUT2D eigenvalue weighted by Gasteiger charge is 2.18. The van der Waals surface area contributed by atoms with Crippen molar-refractivity contribution in [1.29, 1.82) is 0 Å². The van der Waals surface area contributed by atoms with Crippen molar-refractivity contribution >= 4 is 27.9 Å². The lowest BCUT2D eigenvalue weighted by atomic mass is 10.2. The Labute approximate surface area is 118 Å². The summed E-state index contributed by atoms with van der Waals surface area (Å²) >= 11 is 3.18. The first-order valence-corrected chi connectivity index (χ1v) is 6.47. The molecule has 0 atom stereocenters. The quantitative estimate of drug-likeness (QED) is 0.604. The summed E-state index contributed by atoms with van der Waals surface area (Å²) < 4.78 is 14.8. The molecule has 0 aliphatic rings. The molecule has 19 heavy (non-hydrogen) atoms. The van der Waals surface area contributed by atoms with Gasteiger partial charge in [0.25, 0.3) is 0 Å². The average Bonchev–Trinajstić information content (AvgIpc) is 2.41. The highest BCUT2D eigenvalue weighted by molar-refractivity contribution is 9.09. The zero-order valence-electron chi connectivity index (χ0n) is 10.2. The minimum Gasteiger partial charge on any atom is -0.492 e. The number of aromatic carboxylic acids is 1. The van der Waals surface area contributed by atoms with E-state index in [-0.39, 0.29) is 23.7 Å². The number of hydrogen-bond acceptors (Lipinski definition) is 5. The smallest absolute Gasteiger partial charge is 0.343 e. The number of benzene rings is 1. The molecule has 0 unspecified atom stereocenters. The summed E-state index contributed by atoms with van der Waals surface area (Å²) in [6.07, 6.45) is 0. The number of carbonyl (C=O) groups excluding carboxylic acids is 1. The summed E-state index contributed by atoms with van der Waals surface area (Å²) in [7, 11) is 1.22. The summed E-state index contributed by atoms with van der Waals surface area (Å²) in [5.41, 5.74) is -0.118. The number of carboxylic acid groups (broad SMARTS) is 1. The van der Waals surface area contributed by atoms with Crippen LogP contribution >= 0.6 is 15.9 Å². The van der Waals surface area contributed by atoms with E-state index < -0.39 is 11.9 Å². The largest absolute Gasteiger partial charge is 0.492 e. The van der Waals surface area contributed by atoms with Crippen LogP contribution in [0.2, 0.25) is 0 Å². The number of alkyl halides is 1. The van der Waals surface area contributed by atoms with Gasteiger partial charge in [0.2, 0.25) is 0 Å². The van der Waals surface area contributed by atoms with Crippen LogP contribution in [0.3, 0.4) is 0 Å². The molecule has 6 nitrogen and oxygen atoms in total. The second-order valence-electron chi connectivity index (χ2n) is 3.34. The monoisotopic (exact) mass is 332 g/mol. The van der Waals surface area contributed by atoms with Crippen LogP contribution in [-0.2, 0) is 9.53 Å². The second kappa shape index (κ2) is 7.63. The van der Waals surface area contributed by atoms with Gasteiger partial charge in [-0.05, 0) is 12.1 Å². The predicted octanol–water partition coefficient (Wildman–Crippen LogP) is 1.71. The molecule has 0 bridgehead atoms. The molecule has 0 amide bonds. The molecule has 0 aromatic heterocycles. The molecule has 0 spiro atoms. The van der Waals surface area contributed by atoms with E-state index in [0.29, 0.717) is 11.9 Å². The van der Waals surface area contributed by atoms with Gasteiger partial charge in [0.05, 0.1) is 13.7 Å². The van der Waals surface area contributed by atoms with Gasteiger partial charge in [-0.2, -0.15) is 0 Å². The SMILES string of the molecule is COC(=O)COc1cccc(OCCBr)c1C(=O)O. The Morgan fingerprint density at radius 1 is 1.26 bits per heavy atom. The minimum absolute atomic E-state index is 0.0602. The first-order valence-electron chi connectivity index (χ1n) is 5.34. The molecule has 0 radical (unpaired) electrons. The first-order chi connectivity index (χ1) is 9.10. The van der Waals surface area contributed by atoms with Crippen LogP contribution in [0.1, 0.15) is 10.4 Å². The molecule has 0 aliphatic carbocycles. The number of hydrogen-bond donors (Lipinski definition) is 1. The average molecular weight is 333 g/mol.